The predicted octanol–water partition coefficient (Wildman–Crippen LogP) is 12.4. The molecule has 0 amide bonds. The van der Waals surface area contributed by atoms with Gasteiger partial charge in [0, 0.05) is 19.3 Å². The van der Waals surface area contributed by atoms with Crippen LogP contribution < -0.4 is 14.2 Å². The summed E-state index contributed by atoms with van der Waals surface area (Å²) < 4.78 is 34.2. The molecule has 3 aromatic rings. The lowest BCUT2D eigenvalue weighted by molar-refractivity contribution is -0.331. The van der Waals surface area contributed by atoms with E-state index in [9.17, 15) is 28.8 Å². The van der Waals surface area contributed by atoms with Crippen LogP contribution in [0.1, 0.15) is 199 Å². The number of esters is 3. The van der Waals surface area contributed by atoms with Crippen molar-refractivity contribution in [2.75, 3.05) is 19.8 Å². The van der Waals surface area contributed by atoms with Crippen LogP contribution in [-0.4, -0.2) is 76.9 Å². The molecule has 0 aliphatic rings. The predicted molar refractivity (Wildman–Crippen MR) is 259 cm³/mol. The van der Waals surface area contributed by atoms with E-state index in [1.165, 1.54) is 36.4 Å². The summed E-state index contributed by atoms with van der Waals surface area (Å²) in [5.41, 5.74) is 0.645. The van der Waals surface area contributed by atoms with Gasteiger partial charge >= 0.3 is 41.8 Å². The number of carbonyl (C=O) groups is 6. The minimum atomic E-state index is -2.13. The molecule has 0 bridgehead atoms. The minimum absolute atomic E-state index is 0.0533. The highest BCUT2D eigenvalue weighted by molar-refractivity contribution is 5.88. The van der Waals surface area contributed by atoms with E-state index < -0.39 is 41.8 Å². The van der Waals surface area contributed by atoms with E-state index in [1.54, 1.807) is 43.3 Å². The zero-order valence-corrected chi connectivity index (χ0v) is 40.5. The molecule has 0 saturated carbocycles. The van der Waals surface area contributed by atoms with E-state index in [0.717, 1.165) is 116 Å². The molecule has 3 N–H and O–H groups in total. The van der Waals surface area contributed by atoms with Gasteiger partial charge in [0.1, 0.15) is 17.2 Å². The molecule has 0 aliphatic carbocycles. The maximum atomic E-state index is 13.1. The SMILES string of the molecule is CCC(OC(=O)CCCCCCCCCOc1ccc(C(=O)O)cc1)(OC(=O)CCCCCCCCCOc1ccc(C(=O)O)cc1)OC(=O)CCCCCCCCCOc1ccc(C(=O)O)cc1. The summed E-state index contributed by atoms with van der Waals surface area (Å²) >= 11 is 0. The highest BCUT2D eigenvalue weighted by Crippen LogP contribution is 2.25. The molecule has 3 rings (SSSR count). The molecule has 0 radical (unpaired) electrons. The number of carboxylic acid groups (broad SMARTS) is 3. The second-order valence-corrected chi connectivity index (χ2v) is 17.2. The normalized spacial score (nSPS) is 11.1. The van der Waals surface area contributed by atoms with Crippen LogP contribution in [0.15, 0.2) is 72.8 Å². The number of hydrogen-bond donors (Lipinski definition) is 3. The van der Waals surface area contributed by atoms with Gasteiger partial charge in [-0.2, -0.15) is 0 Å². The molecule has 15 nitrogen and oxygen atoms in total. The van der Waals surface area contributed by atoms with E-state index in [0.29, 0.717) is 56.3 Å². The summed E-state index contributed by atoms with van der Waals surface area (Å²) in [6.07, 6.45) is 18.6. The van der Waals surface area contributed by atoms with Crippen molar-refractivity contribution in [1.82, 2.24) is 0 Å². The van der Waals surface area contributed by atoms with Crippen molar-refractivity contribution >= 4 is 35.8 Å². The van der Waals surface area contributed by atoms with Gasteiger partial charge in [0.15, 0.2) is 0 Å². The van der Waals surface area contributed by atoms with E-state index in [1.807, 2.05) is 0 Å². The van der Waals surface area contributed by atoms with Crippen molar-refractivity contribution < 1.29 is 72.5 Å². The smallest absolute Gasteiger partial charge is 0.423 e. The lowest BCUT2D eigenvalue weighted by Crippen LogP contribution is -2.44. The highest BCUT2D eigenvalue weighted by Gasteiger charge is 2.41. The first-order valence-electron chi connectivity index (χ1n) is 24.9. The number of carboxylic acids is 3. The molecular formula is C54H74O15. The molecule has 3 aromatic carbocycles. The van der Waals surface area contributed by atoms with Gasteiger partial charge in [0.2, 0.25) is 0 Å². The van der Waals surface area contributed by atoms with Gasteiger partial charge in [-0.1, -0.05) is 103 Å². The van der Waals surface area contributed by atoms with Crippen LogP contribution in [0.25, 0.3) is 0 Å². The maximum Gasteiger partial charge on any atom is 0.423 e. The van der Waals surface area contributed by atoms with Gasteiger partial charge < -0.3 is 43.7 Å². The van der Waals surface area contributed by atoms with Gasteiger partial charge in [0.25, 0.3) is 0 Å². The minimum Gasteiger partial charge on any atom is -0.494 e. The van der Waals surface area contributed by atoms with Gasteiger partial charge in [-0.05, 0) is 111 Å². The van der Waals surface area contributed by atoms with E-state index in [4.69, 9.17) is 43.7 Å². The van der Waals surface area contributed by atoms with Crippen molar-refractivity contribution in [1.29, 1.82) is 0 Å². The van der Waals surface area contributed by atoms with E-state index in [-0.39, 0.29) is 42.4 Å². The first-order chi connectivity index (χ1) is 33.4. The summed E-state index contributed by atoms with van der Waals surface area (Å²) in [4.78, 5) is 72.4. The van der Waals surface area contributed by atoms with Gasteiger partial charge in [-0.15, -0.1) is 0 Å². The number of rotatable bonds is 40. The van der Waals surface area contributed by atoms with Crippen molar-refractivity contribution in [3.63, 3.8) is 0 Å². The molecule has 380 valence electrons. The quantitative estimate of drug-likeness (QED) is 0.0274. The van der Waals surface area contributed by atoms with Crippen LogP contribution in [0, 0.1) is 0 Å². The van der Waals surface area contributed by atoms with Gasteiger partial charge in [-0.3, -0.25) is 14.4 Å². The van der Waals surface area contributed by atoms with Crippen LogP contribution in [0.4, 0.5) is 0 Å². The topological polar surface area (TPSA) is 218 Å². The molecule has 0 heterocycles. The molecule has 15 heteroatoms. The standard InChI is InChI=1S/C54H74O15/c1-2-54(67-48(55)24-18-12-6-3-9-15-21-39-64-45-33-27-42(28-34-45)51(58)59,68-49(56)25-19-13-7-4-10-16-22-40-65-46-35-29-43(30-36-46)52(60)61)69-50(57)26-20-14-8-5-11-17-23-41-66-47-37-31-44(32-38-47)53(62)63/h27-38H,2-26,39-41H2,1H3,(H,58,59)(H,60,61)(H,62,63). The Labute approximate surface area is 407 Å². The average molecular weight is 963 g/mol. The van der Waals surface area contributed by atoms with Gasteiger partial charge in [-0.25, -0.2) is 14.4 Å². The Hall–Kier alpha value is -6.12. The maximum absolute atomic E-state index is 13.1. The van der Waals surface area contributed by atoms with Crippen LogP contribution in [-0.2, 0) is 28.6 Å². The summed E-state index contributed by atoms with van der Waals surface area (Å²) in [6, 6.07) is 19.0. The summed E-state index contributed by atoms with van der Waals surface area (Å²) in [7, 11) is 0. The van der Waals surface area contributed by atoms with Crippen LogP contribution in [0.5, 0.6) is 17.2 Å². The first-order valence-corrected chi connectivity index (χ1v) is 24.9. The molecule has 0 atom stereocenters. The zero-order chi connectivity index (χ0) is 50.0. The van der Waals surface area contributed by atoms with E-state index >= 15 is 0 Å². The Morgan fingerprint density at radius 1 is 0.348 bits per heavy atom. The van der Waals surface area contributed by atoms with Crippen molar-refractivity contribution in [2.24, 2.45) is 0 Å². The van der Waals surface area contributed by atoms with Crippen molar-refractivity contribution in [3.05, 3.63) is 89.5 Å². The molecule has 69 heavy (non-hydrogen) atoms. The van der Waals surface area contributed by atoms with Gasteiger partial charge in [0.05, 0.1) is 42.9 Å². The molecule has 0 saturated heterocycles. The average Bonchev–Trinajstić information content (AvgIpc) is 3.33. The lowest BCUT2D eigenvalue weighted by atomic mass is 10.1. The van der Waals surface area contributed by atoms with Crippen LogP contribution in [0.3, 0.4) is 0 Å². The first kappa shape index (κ1) is 57.2. The second kappa shape index (κ2) is 34.2. The number of hydrogen-bond acceptors (Lipinski definition) is 12. The third kappa shape index (κ3) is 25.7. The molecule has 0 unspecified atom stereocenters. The lowest BCUT2D eigenvalue weighted by Gasteiger charge is -2.30. The Morgan fingerprint density at radius 3 is 0.783 bits per heavy atom. The van der Waals surface area contributed by atoms with E-state index in [2.05, 4.69) is 0 Å². The Bertz CT molecular complexity index is 1720. The second-order valence-electron chi connectivity index (χ2n) is 17.2. The summed E-state index contributed by atoms with van der Waals surface area (Å²) in [5.74, 6) is -4.96. The molecule has 0 spiro atoms. The van der Waals surface area contributed by atoms with Crippen molar-refractivity contribution in [3.8, 4) is 17.2 Å². The fourth-order valence-electron chi connectivity index (χ4n) is 7.37. The monoisotopic (exact) mass is 963 g/mol. The third-order valence-corrected chi connectivity index (χ3v) is 11.4. The number of unbranched alkanes of at least 4 members (excludes halogenated alkanes) is 18. The largest absolute Gasteiger partial charge is 0.494 e. The molecule has 0 aliphatic heterocycles. The van der Waals surface area contributed by atoms with Crippen LogP contribution >= 0.6 is 0 Å². The fraction of sp³-hybridized carbons (Fsp3) is 0.556. The number of aromatic carboxylic acids is 3. The number of benzene rings is 3. The molecule has 0 fully saturated rings. The number of carbonyl (C=O) groups excluding carboxylic acids is 3. The third-order valence-electron chi connectivity index (χ3n) is 11.4. The number of ether oxygens (including phenoxy) is 6. The Balaban J connectivity index is 1.33. The molecular weight excluding hydrogens is 889 g/mol. The van der Waals surface area contributed by atoms with Crippen molar-refractivity contribution in [2.45, 2.75) is 173 Å². The Kier molecular flexibility index (Phi) is 28.4. The van der Waals surface area contributed by atoms with Crippen LogP contribution in [0.2, 0.25) is 0 Å². The molecule has 0 aromatic heterocycles. The highest BCUT2D eigenvalue weighted by atomic mass is 16.9. The summed E-state index contributed by atoms with van der Waals surface area (Å²) in [5, 5.41) is 27.1. The Morgan fingerprint density at radius 2 is 0.565 bits per heavy atom. The zero-order valence-electron chi connectivity index (χ0n) is 40.5. The summed E-state index contributed by atoms with van der Waals surface area (Å²) in [6.45, 7) is 3.27. The fourth-order valence-corrected chi connectivity index (χ4v) is 7.37.